The molecule has 0 unspecified atom stereocenters. The quantitative estimate of drug-likeness (QED) is 0.373. The van der Waals surface area contributed by atoms with Crippen molar-refractivity contribution in [3.63, 3.8) is 0 Å². The fraction of sp³-hybridized carbons (Fsp3) is 0.280. The molecule has 8 rings (SSSR count). The SMILES string of the molecule is Cc1nc2ccc(Oc3ccc4ncc(-c5cnn(C[C@]67C[C@H](CO6)C7)c5)nc4c3Cl)cc2[nH]1. The highest BCUT2D eigenvalue weighted by Crippen LogP contribution is 2.49. The largest absolute Gasteiger partial charge is 0.456 e. The molecule has 2 aromatic carbocycles. The molecule has 0 atom stereocenters. The fourth-order valence-electron chi connectivity index (χ4n) is 5.13. The van der Waals surface area contributed by atoms with E-state index >= 15 is 0 Å². The molecule has 2 aliphatic heterocycles. The summed E-state index contributed by atoms with van der Waals surface area (Å²) in [4.78, 5) is 17.0. The second kappa shape index (κ2) is 7.25. The predicted molar refractivity (Wildman–Crippen MR) is 128 cm³/mol. The van der Waals surface area contributed by atoms with E-state index in [1.54, 1.807) is 6.20 Å². The topological polar surface area (TPSA) is 90.7 Å². The minimum absolute atomic E-state index is 0.0313. The molecule has 2 bridgehead atoms. The highest BCUT2D eigenvalue weighted by molar-refractivity contribution is 6.36. The lowest BCUT2D eigenvalue weighted by Gasteiger charge is -2.35. The first-order valence-corrected chi connectivity index (χ1v) is 11.7. The van der Waals surface area contributed by atoms with Crippen LogP contribution in [0.3, 0.4) is 0 Å². The van der Waals surface area contributed by atoms with E-state index in [0.29, 0.717) is 33.2 Å². The van der Waals surface area contributed by atoms with Crippen LogP contribution in [0.2, 0.25) is 5.02 Å². The summed E-state index contributed by atoms with van der Waals surface area (Å²) < 4.78 is 14.0. The van der Waals surface area contributed by atoms with Crippen LogP contribution >= 0.6 is 11.6 Å². The Bertz CT molecular complexity index is 1560. The normalized spacial score (nSPS) is 21.3. The molecule has 5 aromatic rings. The third-order valence-electron chi connectivity index (χ3n) is 6.74. The number of nitrogens with zero attached hydrogens (tertiary/aromatic N) is 5. The summed E-state index contributed by atoms with van der Waals surface area (Å²) in [6, 6.07) is 9.37. The van der Waals surface area contributed by atoms with Gasteiger partial charge in [-0.3, -0.25) is 9.67 Å². The lowest BCUT2D eigenvalue weighted by Crippen LogP contribution is -2.40. The second-order valence-electron chi connectivity index (χ2n) is 9.30. The number of aryl methyl sites for hydroxylation is 1. The van der Waals surface area contributed by atoms with Gasteiger partial charge in [0.1, 0.15) is 27.9 Å². The van der Waals surface area contributed by atoms with Gasteiger partial charge in [-0.05, 0) is 49.9 Å². The minimum atomic E-state index is -0.0313. The number of fused-ring (bicyclic) bond motifs is 3. The Hall–Kier alpha value is -3.49. The van der Waals surface area contributed by atoms with Crippen LogP contribution in [0.15, 0.2) is 48.9 Å². The molecule has 34 heavy (non-hydrogen) atoms. The minimum Gasteiger partial charge on any atom is -0.456 e. The van der Waals surface area contributed by atoms with E-state index in [2.05, 4.69) is 20.1 Å². The first kappa shape index (κ1) is 19.9. The molecule has 8 nitrogen and oxygen atoms in total. The van der Waals surface area contributed by atoms with Crippen molar-refractivity contribution in [2.45, 2.75) is 31.9 Å². The summed E-state index contributed by atoms with van der Waals surface area (Å²) in [7, 11) is 0. The molecule has 2 saturated heterocycles. The van der Waals surface area contributed by atoms with Crippen molar-refractivity contribution < 1.29 is 9.47 Å². The number of ether oxygens (including phenoxy) is 2. The lowest BCUT2D eigenvalue weighted by atomic mass is 9.74. The summed E-state index contributed by atoms with van der Waals surface area (Å²) in [5.74, 6) is 2.76. The summed E-state index contributed by atoms with van der Waals surface area (Å²) in [6.07, 6.45) is 7.81. The van der Waals surface area contributed by atoms with Gasteiger partial charge in [-0.1, -0.05) is 11.6 Å². The molecule has 1 saturated carbocycles. The number of H-pyrrole nitrogens is 1. The van der Waals surface area contributed by atoms with Gasteiger partial charge in [0.05, 0.1) is 53.4 Å². The van der Waals surface area contributed by atoms with Crippen LogP contribution in [0, 0.1) is 12.8 Å². The van der Waals surface area contributed by atoms with Crippen molar-refractivity contribution in [1.82, 2.24) is 29.7 Å². The van der Waals surface area contributed by atoms with Crippen molar-refractivity contribution in [2.24, 2.45) is 5.92 Å². The fourth-order valence-corrected chi connectivity index (χ4v) is 5.37. The van der Waals surface area contributed by atoms with Crippen molar-refractivity contribution in [1.29, 1.82) is 0 Å². The van der Waals surface area contributed by atoms with Crippen molar-refractivity contribution in [3.05, 3.63) is 59.8 Å². The van der Waals surface area contributed by atoms with Gasteiger partial charge < -0.3 is 14.5 Å². The monoisotopic (exact) mass is 472 g/mol. The van der Waals surface area contributed by atoms with Gasteiger partial charge in [-0.15, -0.1) is 0 Å². The van der Waals surface area contributed by atoms with Crippen molar-refractivity contribution in [2.75, 3.05) is 6.61 Å². The lowest BCUT2D eigenvalue weighted by molar-refractivity contribution is -0.0163. The van der Waals surface area contributed by atoms with Crippen LogP contribution < -0.4 is 4.74 Å². The molecule has 170 valence electrons. The molecule has 1 N–H and O–H groups in total. The van der Waals surface area contributed by atoms with Gasteiger partial charge in [0, 0.05) is 17.8 Å². The van der Waals surface area contributed by atoms with E-state index in [9.17, 15) is 0 Å². The second-order valence-corrected chi connectivity index (χ2v) is 9.68. The van der Waals surface area contributed by atoms with Crippen LogP contribution in [0.5, 0.6) is 11.5 Å². The van der Waals surface area contributed by atoms with E-state index in [-0.39, 0.29) is 5.60 Å². The highest BCUT2D eigenvalue weighted by Gasteiger charge is 2.52. The molecule has 0 radical (unpaired) electrons. The maximum atomic E-state index is 6.73. The number of benzene rings is 2. The number of nitrogens with one attached hydrogen (secondary N) is 1. The molecule has 3 fully saturated rings. The first-order valence-electron chi connectivity index (χ1n) is 11.3. The van der Waals surface area contributed by atoms with Gasteiger partial charge in [0.15, 0.2) is 0 Å². The van der Waals surface area contributed by atoms with Crippen LogP contribution in [0.1, 0.15) is 18.7 Å². The molecular weight excluding hydrogens is 452 g/mol. The van der Waals surface area contributed by atoms with Crippen LogP contribution in [0.4, 0.5) is 0 Å². The molecule has 3 aliphatic rings. The summed E-state index contributed by atoms with van der Waals surface area (Å²) in [5, 5.41) is 4.95. The highest BCUT2D eigenvalue weighted by atomic mass is 35.5. The molecule has 5 heterocycles. The van der Waals surface area contributed by atoms with Gasteiger partial charge in [0.2, 0.25) is 0 Å². The number of halogens is 1. The number of hydrogen-bond donors (Lipinski definition) is 1. The molecule has 9 heteroatoms. The smallest absolute Gasteiger partial charge is 0.148 e. The Balaban J connectivity index is 1.19. The predicted octanol–water partition coefficient (Wildman–Crippen LogP) is 5.30. The maximum absolute atomic E-state index is 6.73. The Labute approximate surface area is 199 Å². The average Bonchev–Trinajstić information content (AvgIpc) is 3.59. The van der Waals surface area contributed by atoms with E-state index < -0.39 is 0 Å². The number of aromatic nitrogens is 6. The van der Waals surface area contributed by atoms with Gasteiger partial charge in [-0.25, -0.2) is 9.97 Å². The number of rotatable bonds is 5. The summed E-state index contributed by atoms with van der Waals surface area (Å²) in [6.45, 7) is 3.57. The molecule has 0 amide bonds. The van der Waals surface area contributed by atoms with Gasteiger partial charge in [-0.2, -0.15) is 5.10 Å². The average molecular weight is 473 g/mol. The van der Waals surface area contributed by atoms with Crippen LogP contribution in [-0.4, -0.2) is 41.9 Å². The molecule has 0 spiro atoms. The van der Waals surface area contributed by atoms with Gasteiger partial charge >= 0.3 is 0 Å². The Morgan fingerprint density at radius 3 is 2.91 bits per heavy atom. The zero-order valence-corrected chi connectivity index (χ0v) is 19.2. The Morgan fingerprint density at radius 2 is 2.06 bits per heavy atom. The first-order chi connectivity index (χ1) is 16.5. The third kappa shape index (κ3) is 3.25. The van der Waals surface area contributed by atoms with Crippen LogP contribution in [-0.2, 0) is 11.3 Å². The molecule has 1 aliphatic carbocycles. The Kier molecular flexibility index (Phi) is 4.25. The summed E-state index contributed by atoms with van der Waals surface area (Å²) in [5.41, 5.74) is 4.66. The number of hydrogen-bond acceptors (Lipinski definition) is 6. The van der Waals surface area contributed by atoms with E-state index in [1.165, 1.54) is 0 Å². The third-order valence-corrected chi connectivity index (χ3v) is 7.11. The maximum Gasteiger partial charge on any atom is 0.148 e. The van der Waals surface area contributed by atoms with Gasteiger partial charge in [0.25, 0.3) is 0 Å². The molecule has 3 aromatic heterocycles. The summed E-state index contributed by atoms with van der Waals surface area (Å²) >= 11 is 6.73. The zero-order valence-electron chi connectivity index (χ0n) is 18.5. The number of aromatic amines is 1. The van der Waals surface area contributed by atoms with Crippen molar-refractivity contribution >= 4 is 33.7 Å². The van der Waals surface area contributed by atoms with E-state index in [4.69, 9.17) is 26.1 Å². The van der Waals surface area contributed by atoms with Crippen molar-refractivity contribution in [3.8, 4) is 22.8 Å². The van der Waals surface area contributed by atoms with E-state index in [0.717, 1.165) is 54.3 Å². The standard InChI is InChI=1S/C25H21ClN6O2/c1-14-29-18-3-2-17(6-20(18)30-14)34-22-5-4-19-24(23(22)26)31-21(10-27-19)16-9-28-32(11-16)13-25-7-15(8-25)12-33-25/h2-6,9-11,15H,7-8,12-13H2,1H3,(H,29,30)/t15-,25+. The Morgan fingerprint density at radius 1 is 1.18 bits per heavy atom. The zero-order chi connectivity index (χ0) is 22.9. The molecular formula is C25H21ClN6O2. The van der Waals surface area contributed by atoms with E-state index in [1.807, 2.05) is 54.3 Å². The van der Waals surface area contributed by atoms with Crippen LogP contribution in [0.25, 0.3) is 33.3 Å². The number of imidazole rings is 1.